The van der Waals surface area contributed by atoms with Crippen LogP contribution in [0.3, 0.4) is 0 Å². The van der Waals surface area contributed by atoms with E-state index in [9.17, 15) is 52.7 Å². The first-order chi connectivity index (χ1) is 58.7. The molecule has 5 aromatic heterocycles. The standard InChI is InChI=1S/C23H20N6O3.C22H22N6O3.C22H20N4O4.C22H20N4O3/c1-13-5-6-15(22(31)27-17-7-8-17)10-19(13)29-21(24)18(11-26-29)20(30)14-3-2-4-16(9-14)23-28-25-12-32-23;1-12-5-6-15(21(30)26-16-7-8-16)10-18(12)28-20(23)17(11-25-28)19(29)13-3-2-4-14(9-13)22(31)27-24;1-12-5-6-14(21(28)25-16-7-8-16)10-18(12)26-20(23)17(11-24-26)19(27)13-3-2-4-15(9-13)22(29)30;1-13-5-6-16(22(29)25-17-7-8-17)10-19(13)26-21(23)18(11-24-26)20(28)15-4-2-3-14(9-15)12-27/h2-6,9-12,17H,7-8,24H2,1H3,(H,27,31);2-6,9-11,16H,7-8,23-24H2,1H3,(H,26,30)(H,27,31);2-6,9-11,16H,7-8,23H2,1H3,(H,25,28)(H,29,30);2-6,9-12,17H,7-8,23H2,1H3,(H,25,29). The lowest BCUT2D eigenvalue weighted by Crippen LogP contribution is -2.30. The molecule has 13 aromatic rings. The number of aromatic nitrogens is 10. The summed E-state index contributed by atoms with van der Waals surface area (Å²) in [6, 6.07) is 47.3. The van der Waals surface area contributed by atoms with Crippen molar-refractivity contribution in [3.63, 3.8) is 0 Å². The highest BCUT2D eigenvalue weighted by Crippen LogP contribution is 2.32. The summed E-state index contributed by atoms with van der Waals surface area (Å²) in [5, 5.41) is 45.6. The molecule has 4 aliphatic rings. The van der Waals surface area contributed by atoms with Gasteiger partial charge in [0.2, 0.25) is 12.3 Å². The number of amides is 5. The first-order valence-electron chi connectivity index (χ1n) is 38.8. The van der Waals surface area contributed by atoms with E-state index in [1.54, 1.807) is 115 Å². The molecule has 4 aliphatic carbocycles. The molecule has 33 heteroatoms. The van der Waals surface area contributed by atoms with Crippen LogP contribution in [0.15, 0.2) is 205 Å². The fraction of sp³-hybridized carbons (Fsp3) is 0.180. The van der Waals surface area contributed by atoms with E-state index < -0.39 is 17.7 Å². The van der Waals surface area contributed by atoms with Crippen LogP contribution in [-0.2, 0) is 0 Å². The molecule has 0 unspecified atom stereocenters. The smallest absolute Gasteiger partial charge is 0.335 e. The number of carbonyl (C=O) groups is 11. The quantitative estimate of drug-likeness (QED) is 0.00881. The lowest BCUT2D eigenvalue weighted by molar-refractivity contribution is 0.0694. The summed E-state index contributed by atoms with van der Waals surface area (Å²) in [5.74, 6) is 2.49. The maximum atomic E-state index is 13.2. The minimum absolute atomic E-state index is 0.0111. The van der Waals surface area contributed by atoms with Gasteiger partial charge < -0.3 is 53.7 Å². The molecule has 0 radical (unpaired) electrons. The van der Waals surface area contributed by atoms with Gasteiger partial charge in [-0.2, -0.15) is 20.4 Å². The van der Waals surface area contributed by atoms with E-state index in [0.29, 0.717) is 79.4 Å². The van der Waals surface area contributed by atoms with Crippen LogP contribution in [0, 0.1) is 27.7 Å². The number of ketones is 4. The van der Waals surface area contributed by atoms with Crippen molar-refractivity contribution in [3.8, 4) is 34.2 Å². The summed E-state index contributed by atoms with van der Waals surface area (Å²) in [6.07, 6.45) is 15.5. The number of nitrogen functional groups attached to an aromatic ring is 5. The fourth-order valence-electron chi connectivity index (χ4n) is 12.9. The lowest BCUT2D eigenvalue weighted by Gasteiger charge is -2.11. The molecule has 616 valence electrons. The molecule has 0 saturated heterocycles. The molecule has 4 fully saturated rings. The van der Waals surface area contributed by atoms with Crippen molar-refractivity contribution in [2.24, 2.45) is 5.84 Å². The number of nitrogens with one attached hydrogen (secondary N) is 5. The number of carbonyl (C=O) groups excluding carboxylic acids is 10. The zero-order valence-corrected chi connectivity index (χ0v) is 66.3. The minimum atomic E-state index is -1.12. The summed E-state index contributed by atoms with van der Waals surface area (Å²) >= 11 is 0. The zero-order chi connectivity index (χ0) is 86.3. The molecule has 17 rings (SSSR count). The van der Waals surface area contributed by atoms with Crippen LogP contribution in [0.1, 0.15) is 210 Å². The summed E-state index contributed by atoms with van der Waals surface area (Å²) in [5.41, 5.74) is 38.4. The number of aromatic carboxylic acids is 1. The lowest BCUT2D eigenvalue weighted by atomic mass is 10.0. The van der Waals surface area contributed by atoms with E-state index in [2.05, 4.69) is 51.9 Å². The molecule has 5 amide bonds. The molecule has 0 aliphatic heterocycles. The molecule has 33 nitrogen and oxygen atoms in total. The van der Waals surface area contributed by atoms with Crippen LogP contribution in [-0.4, -0.2) is 144 Å². The second-order valence-corrected chi connectivity index (χ2v) is 29.7. The van der Waals surface area contributed by atoms with Gasteiger partial charge in [0, 0.05) is 85.4 Å². The Morgan fingerprint density at radius 3 is 0.984 bits per heavy atom. The number of nitrogens with two attached hydrogens (primary N) is 5. The van der Waals surface area contributed by atoms with Gasteiger partial charge in [-0.3, -0.25) is 53.4 Å². The third kappa shape index (κ3) is 18.7. The van der Waals surface area contributed by atoms with Gasteiger partial charge in [0.05, 0.1) is 75.4 Å². The largest absolute Gasteiger partial charge is 0.478 e. The van der Waals surface area contributed by atoms with Gasteiger partial charge in [0.1, 0.15) is 29.6 Å². The van der Waals surface area contributed by atoms with Crippen molar-refractivity contribution in [2.75, 3.05) is 22.9 Å². The minimum Gasteiger partial charge on any atom is -0.478 e. The highest BCUT2D eigenvalue weighted by atomic mass is 16.4. The van der Waals surface area contributed by atoms with Gasteiger partial charge in [-0.15, -0.1) is 10.2 Å². The van der Waals surface area contributed by atoms with E-state index in [4.69, 9.17) is 38.3 Å². The Hall–Kier alpha value is -15.9. The van der Waals surface area contributed by atoms with Crippen LogP contribution >= 0.6 is 0 Å². The number of aldehydes is 1. The average Bonchev–Trinajstić information content (AvgIpc) is 1.64. The van der Waals surface area contributed by atoms with Crippen molar-refractivity contribution < 1.29 is 62.3 Å². The first kappa shape index (κ1) is 82.6. The number of rotatable bonds is 24. The summed E-state index contributed by atoms with van der Waals surface area (Å²) in [4.78, 5) is 135. The average molecular weight is 1640 g/mol. The Kier molecular flexibility index (Phi) is 24.0. The fourth-order valence-corrected chi connectivity index (χ4v) is 12.9. The predicted molar refractivity (Wildman–Crippen MR) is 450 cm³/mol. The SMILES string of the molecule is Cc1ccc(C(=O)NC2CC2)cc1-n1ncc(C(=O)c2cccc(-c3nnco3)c2)c1N.Cc1ccc(C(=O)NC2CC2)cc1-n1ncc(C(=O)c2cccc(C(=O)NN)c2)c1N.Cc1ccc(C(=O)NC2CC2)cc1-n1ncc(C(=O)c2cccc(C(=O)O)c2)c1N.Cc1ccc(C(=O)NC2CC2)cc1-n1ncc(C(=O)c2cccc(C=O)c2)c1N. The van der Waals surface area contributed by atoms with Crippen molar-refractivity contribution in [1.29, 1.82) is 0 Å². The van der Waals surface area contributed by atoms with E-state index in [1.807, 2.05) is 51.3 Å². The van der Waals surface area contributed by atoms with Crippen LogP contribution in [0.4, 0.5) is 23.3 Å². The topological polar surface area (TPSA) is 508 Å². The van der Waals surface area contributed by atoms with Gasteiger partial charge in [0.25, 0.3) is 29.5 Å². The zero-order valence-electron chi connectivity index (χ0n) is 66.3. The number of anilines is 4. The molecule has 0 spiro atoms. The van der Waals surface area contributed by atoms with Crippen molar-refractivity contribution in [2.45, 2.75) is 103 Å². The Bertz CT molecular complexity index is 6340. The number of benzene rings is 8. The molecule has 16 N–H and O–H groups in total. The van der Waals surface area contributed by atoms with Gasteiger partial charge in [0.15, 0.2) is 23.1 Å². The summed E-state index contributed by atoms with van der Waals surface area (Å²) in [6.45, 7) is 7.51. The first-order valence-corrected chi connectivity index (χ1v) is 38.8. The summed E-state index contributed by atoms with van der Waals surface area (Å²) in [7, 11) is 0. The monoisotopic (exact) mass is 1640 g/mol. The Labute approximate surface area is 696 Å². The maximum absolute atomic E-state index is 13.2. The van der Waals surface area contributed by atoms with Crippen LogP contribution < -0.4 is 55.5 Å². The third-order valence-electron chi connectivity index (χ3n) is 20.6. The predicted octanol–water partition coefficient (Wildman–Crippen LogP) is 9.71. The van der Waals surface area contributed by atoms with Gasteiger partial charge in [-0.05, 0) is 192 Å². The van der Waals surface area contributed by atoms with Crippen LogP contribution in [0.2, 0.25) is 0 Å². The van der Waals surface area contributed by atoms with Crippen molar-refractivity contribution >= 4 is 88.2 Å². The number of hydrazine groups is 1. The number of hydrogen-bond acceptors (Lipinski definition) is 23. The highest BCUT2D eigenvalue weighted by molar-refractivity contribution is 6.15. The Morgan fingerprint density at radius 2 is 0.672 bits per heavy atom. The van der Waals surface area contributed by atoms with Gasteiger partial charge in [-0.1, -0.05) is 78.9 Å². The van der Waals surface area contributed by atoms with E-state index in [0.717, 1.165) is 73.6 Å². The normalized spacial score (nSPS) is 13.1. The number of carboxylic acid groups (broad SMARTS) is 1. The second-order valence-electron chi connectivity index (χ2n) is 29.7. The number of aryl methyl sites for hydroxylation is 4. The van der Waals surface area contributed by atoms with Crippen LogP contribution in [0.5, 0.6) is 0 Å². The second kappa shape index (κ2) is 35.5. The van der Waals surface area contributed by atoms with E-state index in [1.165, 1.54) is 86.3 Å². The number of carboxylic acids is 1. The highest BCUT2D eigenvalue weighted by Gasteiger charge is 2.31. The molecule has 4 saturated carbocycles. The van der Waals surface area contributed by atoms with Crippen molar-refractivity contribution in [1.82, 2.24) is 76.0 Å². The molecule has 8 aromatic carbocycles. The third-order valence-corrected chi connectivity index (χ3v) is 20.6. The molecular weight excluding hydrogens is 1560 g/mol. The van der Waals surface area contributed by atoms with Gasteiger partial charge in [-0.25, -0.2) is 29.4 Å². The summed E-state index contributed by atoms with van der Waals surface area (Å²) < 4.78 is 11.0. The molecule has 0 atom stereocenters. The van der Waals surface area contributed by atoms with Gasteiger partial charge >= 0.3 is 5.97 Å². The Balaban J connectivity index is 0.000000133. The van der Waals surface area contributed by atoms with Crippen molar-refractivity contribution in [3.05, 3.63) is 307 Å². The number of hydrogen-bond donors (Lipinski definition) is 11. The van der Waals surface area contributed by atoms with Crippen LogP contribution in [0.25, 0.3) is 34.2 Å². The van der Waals surface area contributed by atoms with E-state index >= 15 is 0 Å². The van der Waals surface area contributed by atoms with E-state index in [-0.39, 0.29) is 133 Å². The maximum Gasteiger partial charge on any atom is 0.335 e. The molecule has 5 heterocycles. The Morgan fingerprint density at radius 1 is 0.377 bits per heavy atom. The molecule has 0 bridgehead atoms. The molecular formula is C89H82N20O13. The number of nitrogens with zero attached hydrogens (tertiary/aromatic N) is 10. The molecule has 122 heavy (non-hydrogen) atoms.